The number of nitrogens with zero attached hydrogens (tertiary/aromatic N) is 3. The second-order valence-electron chi connectivity index (χ2n) is 8.83. The standard InChI is InChI=1S/C19H20F3N3O2/c20-19(21,22)15-4-13(23-16-5-14(17(26)27)24-25(15)16)9-18-6-10-1-11(7-18)3-12(2-10)8-18/h4-5,10-12H,1-3,6-9H2,(H,26,27). The number of carbonyl (C=O) groups is 1. The molecule has 4 aliphatic rings. The van der Waals surface area contributed by atoms with Crippen molar-refractivity contribution in [2.75, 3.05) is 0 Å². The van der Waals surface area contributed by atoms with Gasteiger partial charge in [0.2, 0.25) is 0 Å². The second-order valence-corrected chi connectivity index (χ2v) is 8.83. The molecule has 5 nitrogen and oxygen atoms in total. The topological polar surface area (TPSA) is 67.5 Å². The van der Waals surface area contributed by atoms with E-state index >= 15 is 0 Å². The predicted molar refractivity (Wildman–Crippen MR) is 89.3 cm³/mol. The van der Waals surface area contributed by atoms with Gasteiger partial charge in [0.1, 0.15) is 5.69 Å². The van der Waals surface area contributed by atoms with Gasteiger partial charge in [0.25, 0.3) is 0 Å². The Labute approximate surface area is 153 Å². The van der Waals surface area contributed by atoms with Crippen molar-refractivity contribution in [2.24, 2.45) is 23.2 Å². The summed E-state index contributed by atoms with van der Waals surface area (Å²) in [6.45, 7) is 0. The predicted octanol–water partition coefficient (Wildman–Crippen LogP) is 4.21. The summed E-state index contributed by atoms with van der Waals surface area (Å²) in [7, 11) is 0. The summed E-state index contributed by atoms with van der Waals surface area (Å²) in [5, 5.41) is 12.7. The number of hydrogen-bond acceptors (Lipinski definition) is 3. The molecule has 144 valence electrons. The molecule has 0 atom stereocenters. The van der Waals surface area contributed by atoms with Gasteiger partial charge in [-0.1, -0.05) is 0 Å². The van der Waals surface area contributed by atoms with Crippen molar-refractivity contribution in [1.29, 1.82) is 0 Å². The highest BCUT2D eigenvalue weighted by Crippen LogP contribution is 2.61. The highest BCUT2D eigenvalue weighted by Gasteiger charge is 2.51. The third kappa shape index (κ3) is 2.80. The maximum atomic E-state index is 13.6. The number of carboxylic acid groups (broad SMARTS) is 1. The van der Waals surface area contributed by atoms with Crippen LogP contribution in [0.5, 0.6) is 0 Å². The van der Waals surface area contributed by atoms with Crippen LogP contribution in [-0.2, 0) is 12.6 Å². The molecular weight excluding hydrogens is 359 g/mol. The number of halogens is 3. The van der Waals surface area contributed by atoms with Crippen molar-refractivity contribution in [1.82, 2.24) is 14.6 Å². The normalized spacial score (nSPS) is 32.3. The lowest BCUT2D eigenvalue weighted by molar-refractivity contribution is -0.142. The van der Waals surface area contributed by atoms with Gasteiger partial charge in [-0.15, -0.1) is 0 Å². The summed E-state index contributed by atoms with van der Waals surface area (Å²) in [6, 6.07) is 2.17. The van der Waals surface area contributed by atoms with E-state index in [1.54, 1.807) is 0 Å². The van der Waals surface area contributed by atoms with Crippen LogP contribution in [0.2, 0.25) is 0 Å². The molecule has 0 spiro atoms. The molecule has 2 aromatic rings. The molecule has 0 unspecified atom stereocenters. The largest absolute Gasteiger partial charge is 0.476 e. The van der Waals surface area contributed by atoms with Crippen LogP contribution in [0.25, 0.3) is 5.65 Å². The molecule has 4 aliphatic carbocycles. The highest BCUT2D eigenvalue weighted by atomic mass is 19.4. The molecule has 4 saturated carbocycles. The summed E-state index contributed by atoms with van der Waals surface area (Å²) in [5.74, 6) is 0.748. The minimum absolute atomic E-state index is 0.0537. The maximum Gasteiger partial charge on any atom is 0.433 e. The van der Waals surface area contributed by atoms with Crippen LogP contribution in [0.1, 0.15) is 60.4 Å². The van der Waals surface area contributed by atoms with Gasteiger partial charge in [-0.2, -0.15) is 18.3 Å². The maximum absolute atomic E-state index is 13.6. The Bertz CT molecular complexity index is 899. The molecule has 2 heterocycles. The van der Waals surface area contributed by atoms with E-state index in [9.17, 15) is 18.0 Å². The number of aromatic carboxylic acids is 1. The van der Waals surface area contributed by atoms with E-state index in [2.05, 4.69) is 10.1 Å². The minimum atomic E-state index is -4.63. The van der Waals surface area contributed by atoms with Crippen molar-refractivity contribution in [3.05, 3.63) is 29.2 Å². The Balaban J connectivity index is 1.56. The Morgan fingerprint density at radius 1 is 1.15 bits per heavy atom. The Morgan fingerprint density at radius 2 is 1.74 bits per heavy atom. The summed E-state index contributed by atoms with van der Waals surface area (Å²) < 4.78 is 41.3. The van der Waals surface area contributed by atoms with Crippen molar-refractivity contribution in [2.45, 2.75) is 51.1 Å². The van der Waals surface area contributed by atoms with E-state index in [1.807, 2.05) is 0 Å². The lowest BCUT2D eigenvalue weighted by atomic mass is 9.48. The third-order valence-corrected chi connectivity index (χ3v) is 6.71. The van der Waals surface area contributed by atoms with Crippen LogP contribution in [-0.4, -0.2) is 25.7 Å². The van der Waals surface area contributed by atoms with Crippen molar-refractivity contribution in [3.63, 3.8) is 0 Å². The molecular formula is C19H20F3N3O2. The molecule has 1 N–H and O–H groups in total. The van der Waals surface area contributed by atoms with Crippen LogP contribution in [0.4, 0.5) is 13.2 Å². The van der Waals surface area contributed by atoms with E-state index in [-0.39, 0.29) is 11.1 Å². The molecule has 4 fully saturated rings. The lowest BCUT2D eigenvalue weighted by Crippen LogP contribution is -2.47. The van der Waals surface area contributed by atoms with Gasteiger partial charge in [0, 0.05) is 11.8 Å². The van der Waals surface area contributed by atoms with Crippen LogP contribution in [0.15, 0.2) is 12.1 Å². The quantitative estimate of drug-likeness (QED) is 0.868. The molecule has 27 heavy (non-hydrogen) atoms. The fourth-order valence-electron chi connectivity index (χ4n) is 6.31. The zero-order chi connectivity index (χ0) is 19.0. The van der Waals surface area contributed by atoms with Crippen LogP contribution < -0.4 is 0 Å². The average molecular weight is 379 g/mol. The molecule has 2 aromatic heterocycles. The fourth-order valence-corrected chi connectivity index (χ4v) is 6.31. The zero-order valence-corrected chi connectivity index (χ0v) is 14.7. The fraction of sp³-hybridized carbons (Fsp3) is 0.632. The van der Waals surface area contributed by atoms with Gasteiger partial charge >= 0.3 is 12.1 Å². The van der Waals surface area contributed by atoms with Crippen molar-refractivity contribution < 1.29 is 23.1 Å². The minimum Gasteiger partial charge on any atom is -0.476 e. The summed E-state index contributed by atoms with van der Waals surface area (Å²) in [5.41, 5.74) is -0.992. The van der Waals surface area contributed by atoms with E-state index in [1.165, 1.54) is 19.3 Å². The molecule has 8 heteroatoms. The summed E-state index contributed by atoms with van der Waals surface area (Å²) >= 11 is 0. The molecule has 0 saturated heterocycles. The van der Waals surface area contributed by atoms with Gasteiger partial charge in [-0.05, 0) is 74.2 Å². The van der Waals surface area contributed by atoms with Gasteiger partial charge in [0.15, 0.2) is 11.3 Å². The average Bonchev–Trinajstić information content (AvgIpc) is 2.95. The number of rotatable bonds is 3. The zero-order valence-electron chi connectivity index (χ0n) is 14.7. The smallest absolute Gasteiger partial charge is 0.433 e. The van der Waals surface area contributed by atoms with Crippen molar-refractivity contribution >= 4 is 11.6 Å². The lowest BCUT2D eigenvalue weighted by Gasteiger charge is -2.57. The first kappa shape index (κ1) is 17.0. The number of hydrogen-bond donors (Lipinski definition) is 1. The monoisotopic (exact) mass is 379 g/mol. The van der Waals surface area contributed by atoms with E-state index in [4.69, 9.17) is 5.11 Å². The molecule has 0 aromatic carbocycles. The molecule has 0 radical (unpaired) electrons. The first-order valence-corrected chi connectivity index (χ1v) is 9.41. The molecule has 0 aliphatic heterocycles. The number of alkyl halides is 3. The van der Waals surface area contributed by atoms with Gasteiger partial charge in [-0.3, -0.25) is 0 Å². The first-order valence-electron chi connectivity index (χ1n) is 9.41. The van der Waals surface area contributed by atoms with Gasteiger partial charge in [0.05, 0.1) is 0 Å². The van der Waals surface area contributed by atoms with Crippen LogP contribution >= 0.6 is 0 Å². The summed E-state index contributed by atoms with van der Waals surface area (Å²) in [6.07, 6.45) is 2.94. The van der Waals surface area contributed by atoms with Crippen LogP contribution in [0.3, 0.4) is 0 Å². The molecule has 4 bridgehead atoms. The Morgan fingerprint density at radius 3 is 2.26 bits per heavy atom. The summed E-state index contributed by atoms with van der Waals surface area (Å²) in [4.78, 5) is 15.5. The SMILES string of the molecule is O=C(O)c1cc2nc(CC34CC5CC(CC(C5)C3)C4)cc(C(F)(F)F)n2n1. The highest BCUT2D eigenvalue weighted by molar-refractivity contribution is 5.86. The first-order chi connectivity index (χ1) is 12.7. The van der Waals surface area contributed by atoms with Gasteiger partial charge < -0.3 is 5.11 Å². The van der Waals surface area contributed by atoms with Crippen molar-refractivity contribution in [3.8, 4) is 0 Å². The third-order valence-electron chi connectivity index (χ3n) is 6.71. The number of fused-ring (bicyclic) bond motifs is 1. The molecule has 0 amide bonds. The second kappa shape index (κ2) is 5.45. The number of aromatic nitrogens is 3. The van der Waals surface area contributed by atoms with Crippen LogP contribution in [0, 0.1) is 23.2 Å². The van der Waals surface area contributed by atoms with E-state index in [0.29, 0.717) is 34.4 Å². The van der Waals surface area contributed by atoms with E-state index < -0.39 is 23.5 Å². The molecule has 6 rings (SSSR count). The number of carboxylic acids is 1. The van der Waals surface area contributed by atoms with E-state index in [0.717, 1.165) is 31.4 Å². The Hall–Kier alpha value is -2.12. The van der Waals surface area contributed by atoms with Gasteiger partial charge in [-0.25, -0.2) is 14.3 Å². The Kier molecular flexibility index (Phi) is 3.44.